The Morgan fingerprint density at radius 3 is 2.61 bits per heavy atom. The van der Waals surface area contributed by atoms with Crippen LogP contribution < -0.4 is 9.47 Å². The number of H-pyrrole nitrogens is 1. The molecule has 2 N–H and O–H groups in total. The number of hydrogen-bond donors (Lipinski definition) is 2. The molecule has 0 saturated carbocycles. The van der Waals surface area contributed by atoms with Crippen molar-refractivity contribution >= 4 is 0 Å². The summed E-state index contributed by atoms with van der Waals surface area (Å²) in [5.41, 5.74) is 2.75. The molecule has 0 aliphatic heterocycles. The van der Waals surface area contributed by atoms with E-state index in [-0.39, 0.29) is 6.61 Å². The van der Waals surface area contributed by atoms with E-state index in [4.69, 9.17) is 14.6 Å². The van der Waals surface area contributed by atoms with Crippen molar-refractivity contribution in [1.29, 1.82) is 0 Å². The maximum absolute atomic E-state index is 9.03. The molecule has 0 fully saturated rings. The number of aromatic amines is 1. The smallest absolute Gasteiger partial charge is 0.132 e. The minimum Gasteiger partial charge on any atom is -0.497 e. The summed E-state index contributed by atoms with van der Waals surface area (Å²) in [5, 5.41) is 9.03. The number of benzene rings is 1. The van der Waals surface area contributed by atoms with Crippen LogP contribution in [0.3, 0.4) is 0 Å². The van der Waals surface area contributed by atoms with Crippen molar-refractivity contribution in [2.45, 2.75) is 13.5 Å². The van der Waals surface area contributed by atoms with Crippen molar-refractivity contribution in [2.24, 2.45) is 0 Å². The topological polar surface area (TPSA) is 67.4 Å². The summed E-state index contributed by atoms with van der Waals surface area (Å²) in [6.07, 6.45) is 1.68. The fourth-order valence-corrected chi connectivity index (χ4v) is 1.92. The minimum absolute atomic E-state index is 0.114. The molecule has 0 saturated heterocycles. The summed E-state index contributed by atoms with van der Waals surface area (Å²) in [4.78, 5) is 7.13. The lowest BCUT2D eigenvalue weighted by Gasteiger charge is -2.12. The van der Waals surface area contributed by atoms with Crippen LogP contribution in [0.1, 0.15) is 11.4 Å². The van der Waals surface area contributed by atoms with Crippen molar-refractivity contribution in [3.8, 4) is 22.8 Å². The van der Waals surface area contributed by atoms with Gasteiger partial charge in [-0.05, 0) is 18.6 Å². The van der Waals surface area contributed by atoms with Gasteiger partial charge in [0.2, 0.25) is 0 Å². The number of nitrogens with one attached hydrogen (secondary N) is 1. The zero-order chi connectivity index (χ0) is 13.1. The zero-order valence-electron chi connectivity index (χ0n) is 10.7. The number of aliphatic hydroxyl groups excluding tert-OH is 1. The molecular weight excluding hydrogens is 232 g/mol. The van der Waals surface area contributed by atoms with Crippen LogP contribution in [-0.4, -0.2) is 29.3 Å². The molecule has 0 aliphatic rings. The largest absolute Gasteiger partial charge is 0.497 e. The van der Waals surface area contributed by atoms with E-state index in [0.717, 1.165) is 22.6 Å². The highest BCUT2D eigenvalue weighted by Gasteiger charge is 2.13. The Morgan fingerprint density at radius 1 is 1.28 bits per heavy atom. The molecule has 0 atom stereocenters. The lowest BCUT2D eigenvalue weighted by molar-refractivity contribution is 0.272. The van der Waals surface area contributed by atoms with Crippen LogP contribution in [0.25, 0.3) is 11.3 Å². The summed E-state index contributed by atoms with van der Waals surface area (Å²) >= 11 is 0. The standard InChI is InChI=1S/C13H16N2O3/c1-8-4-9(17-2)5-11(18-3)13(8)10-6-14-12(7-16)15-10/h4-6,16H,7H2,1-3H3,(H,14,15). The predicted molar refractivity (Wildman–Crippen MR) is 67.8 cm³/mol. The first-order chi connectivity index (χ1) is 8.69. The minimum atomic E-state index is -0.114. The van der Waals surface area contributed by atoms with Gasteiger partial charge in [0.05, 0.1) is 26.1 Å². The highest BCUT2D eigenvalue weighted by atomic mass is 16.5. The van der Waals surface area contributed by atoms with Gasteiger partial charge in [0.1, 0.15) is 23.9 Å². The summed E-state index contributed by atoms with van der Waals surface area (Å²) in [7, 11) is 3.23. The van der Waals surface area contributed by atoms with Gasteiger partial charge in [-0.1, -0.05) is 0 Å². The second-order valence-electron chi connectivity index (χ2n) is 3.92. The van der Waals surface area contributed by atoms with Crippen LogP contribution in [0.15, 0.2) is 18.3 Å². The Kier molecular flexibility index (Phi) is 3.53. The number of aromatic nitrogens is 2. The van der Waals surface area contributed by atoms with E-state index >= 15 is 0 Å². The highest BCUT2D eigenvalue weighted by Crippen LogP contribution is 2.35. The van der Waals surface area contributed by atoms with Crippen LogP contribution >= 0.6 is 0 Å². The molecule has 2 rings (SSSR count). The number of methoxy groups -OCH3 is 2. The monoisotopic (exact) mass is 248 g/mol. The molecule has 0 amide bonds. The fraction of sp³-hybridized carbons (Fsp3) is 0.308. The van der Waals surface area contributed by atoms with Gasteiger partial charge in [0.25, 0.3) is 0 Å². The van der Waals surface area contributed by atoms with Gasteiger partial charge in [-0.25, -0.2) is 4.98 Å². The van der Waals surface area contributed by atoms with Gasteiger partial charge >= 0.3 is 0 Å². The zero-order valence-corrected chi connectivity index (χ0v) is 10.7. The maximum atomic E-state index is 9.03. The number of aliphatic hydroxyl groups is 1. The summed E-state index contributed by atoms with van der Waals surface area (Å²) in [6, 6.07) is 3.75. The average molecular weight is 248 g/mol. The maximum Gasteiger partial charge on any atom is 0.132 e. The van der Waals surface area contributed by atoms with E-state index in [2.05, 4.69) is 9.97 Å². The van der Waals surface area contributed by atoms with Gasteiger partial charge in [-0.3, -0.25) is 0 Å². The predicted octanol–water partition coefficient (Wildman–Crippen LogP) is 1.89. The molecule has 1 aromatic heterocycles. The van der Waals surface area contributed by atoms with Gasteiger partial charge in [-0.15, -0.1) is 0 Å². The van der Waals surface area contributed by atoms with Crippen molar-refractivity contribution < 1.29 is 14.6 Å². The Labute approximate surface area is 105 Å². The molecule has 96 valence electrons. The number of hydrogen-bond acceptors (Lipinski definition) is 4. The first-order valence-electron chi connectivity index (χ1n) is 5.57. The highest BCUT2D eigenvalue weighted by molar-refractivity contribution is 5.72. The SMILES string of the molecule is COc1cc(C)c(-c2cnc(CO)[nH]2)c(OC)c1. The molecule has 0 aliphatic carbocycles. The van der Waals surface area contributed by atoms with Gasteiger partial charge in [0.15, 0.2) is 0 Å². The molecular formula is C13H16N2O3. The van der Waals surface area contributed by atoms with Gasteiger partial charge in [-0.2, -0.15) is 0 Å². The van der Waals surface area contributed by atoms with E-state index in [1.165, 1.54) is 0 Å². The van der Waals surface area contributed by atoms with Crippen molar-refractivity contribution in [2.75, 3.05) is 14.2 Å². The van der Waals surface area contributed by atoms with E-state index in [0.29, 0.717) is 11.6 Å². The van der Waals surface area contributed by atoms with Crippen molar-refractivity contribution in [3.05, 3.63) is 29.7 Å². The summed E-state index contributed by atoms with van der Waals surface area (Å²) in [5.74, 6) is 1.98. The third kappa shape index (κ3) is 2.17. The van der Waals surface area contributed by atoms with Gasteiger partial charge < -0.3 is 19.6 Å². The van der Waals surface area contributed by atoms with E-state index in [1.807, 2.05) is 19.1 Å². The second kappa shape index (κ2) is 5.10. The van der Waals surface area contributed by atoms with E-state index < -0.39 is 0 Å². The average Bonchev–Trinajstić information content (AvgIpc) is 2.85. The number of rotatable bonds is 4. The van der Waals surface area contributed by atoms with Crippen LogP contribution in [-0.2, 0) is 6.61 Å². The number of nitrogens with zero attached hydrogens (tertiary/aromatic N) is 1. The molecule has 0 bridgehead atoms. The van der Waals surface area contributed by atoms with Gasteiger partial charge in [0, 0.05) is 11.6 Å². The number of ether oxygens (including phenoxy) is 2. The molecule has 1 aromatic carbocycles. The Hall–Kier alpha value is -2.01. The molecule has 2 aromatic rings. The lowest BCUT2D eigenvalue weighted by atomic mass is 10.0. The van der Waals surface area contributed by atoms with Crippen LogP contribution in [0.2, 0.25) is 0 Å². The lowest BCUT2D eigenvalue weighted by Crippen LogP contribution is -1.94. The van der Waals surface area contributed by atoms with Crippen LogP contribution in [0.4, 0.5) is 0 Å². The molecule has 0 unspecified atom stereocenters. The van der Waals surface area contributed by atoms with Crippen molar-refractivity contribution in [1.82, 2.24) is 9.97 Å². The summed E-state index contributed by atoms with van der Waals surface area (Å²) in [6.45, 7) is 1.86. The molecule has 1 heterocycles. The summed E-state index contributed by atoms with van der Waals surface area (Å²) < 4.78 is 10.6. The molecule has 0 spiro atoms. The molecule has 18 heavy (non-hydrogen) atoms. The van der Waals surface area contributed by atoms with Crippen LogP contribution in [0, 0.1) is 6.92 Å². The number of aryl methyl sites for hydroxylation is 1. The Bertz CT molecular complexity index is 549. The number of imidazole rings is 1. The Balaban J connectivity index is 2.55. The normalized spacial score (nSPS) is 10.4. The molecule has 0 radical (unpaired) electrons. The van der Waals surface area contributed by atoms with Crippen LogP contribution in [0.5, 0.6) is 11.5 Å². The first kappa shape index (κ1) is 12.4. The van der Waals surface area contributed by atoms with E-state index in [9.17, 15) is 0 Å². The Morgan fingerprint density at radius 2 is 2.06 bits per heavy atom. The molecule has 5 heteroatoms. The fourth-order valence-electron chi connectivity index (χ4n) is 1.92. The third-order valence-corrected chi connectivity index (χ3v) is 2.78. The van der Waals surface area contributed by atoms with Crippen molar-refractivity contribution in [3.63, 3.8) is 0 Å². The quantitative estimate of drug-likeness (QED) is 0.867. The first-order valence-corrected chi connectivity index (χ1v) is 5.57. The second-order valence-corrected chi connectivity index (χ2v) is 3.92. The third-order valence-electron chi connectivity index (χ3n) is 2.78. The molecule has 5 nitrogen and oxygen atoms in total. The van der Waals surface area contributed by atoms with E-state index in [1.54, 1.807) is 20.4 Å².